The standard InChI is InChI=1S/C22H42O8/c1-3-25-13-7-9-15-27-17-19-29-21(23)11-5-6-12-22(24)30-20-18-28-16-10-8-14-26-4-2/h3-20H2,1-2H3. The fourth-order valence-corrected chi connectivity index (χ4v) is 2.42. The smallest absolute Gasteiger partial charge is 0.305 e. The van der Waals surface area contributed by atoms with Crippen molar-refractivity contribution in [3.63, 3.8) is 0 Å². The number of rotatable bonds is 23. The van der Waals surface area contributed by atoms with Crippen LogP contribution in [0, 0.1) is 0 Å². The van der Waals surface area contributed by atoms with Gasteiger partial charge in [-0.1, -0.05) is 0 Å². The Morgan fingerprint density at radius 1 is 0.467 bits per heavy atom. The van der Waals surface area contributed by atoms with E-state index in [2.05, 4.69) is 0 Å². The van der Waals surface area contributed by atoms with E-state index >= 15 is 0 Å². The highest BCUT2D eigenvalue weighted by atomic mass is 16.6. The van der Waals surface area contributed by atoms with E-state index in [1.807, 2.05) is 13.8 Å². The van der Waals surface area contributed by atoms with Crippen LogP contribution in [0.5, 0.6) is 0 Å². The first-order chi connectivity index (χ1) is 14.7. The van der Waals surface area contributed by atoms with Crippen LogP contribution >= 0.6 is 0 Å². The van der Waals surface area contributed by atoms with Gasteiger partial charge in [-0.3, -0.25) is 9.59 Å². The van der Waals surface area contributed by atoms with Crippen molar-refractivity contribution in [3.8, 4) is 0 Å². The second kappa shape index (κ2) is 24.1. The molecular formula is C22H42O8. The topological polar surface area (TPSA) is 89.5 Å². The fraction of sp³-hybridized carbons (Fsp3) is 0.909. The monoisotopic (exact) mass is 434 g/mol. The van der Waals surface area contributed by atoms with Crippen LogP contribution in [-0.2, 0) is 38.0 Å². The lowest BCUT2D eigenvalue weighted by molar-refractivity contribution is -0.147. The van der Waals surface area contributed by atoms with E-state index in [1.54, 1.807) is 0 Å². The Bertz CT molecular complexity index is 353. The third-order valence-electron chi connectivity index (χ3n) is 4.06. The number of ether oxygens (including phenoxy) is 6. The summed E-state index contributed by atoms with van der Waals surface area (Å²) in [6.45, 7) is 9.56. The number of hydrogen-bond acceptors (Lipinski definition) is 8. The average Bonchev–Trinajstić information content (AvgIpc) is 2.74. The molecule has 0 aromatic carbocycles. The first kappa shape index (κ1) is 28.8. The molecule has 0 bridgehead atoms. The summed E-state index contributed by atoms with van der Waals surface area (Å²) in [7, 11) is 0. The summed E-state index contributed by atoms with van der Waals surface area (Å²) in [4.78, 5) is 23.2. The minimum absolute atomic E-state index is 0.262. The molecular weight excluding hydrogens is 392 g/mol. The molecule has 0 spiro atoms. The Kier molecular flexibility index (Phi) is 23.1. The lowest BCUT2D eigenvalue weighted by Gasteiger charge is -2.07. The first-order valence-electron chi connectivity index (χ1n) is 11.3. The molecule has 0 aliphatic carbocycles. The van der Waals surface area contributed by atoms with Crippen molar-refractivity contribution in [3.05, 3.63) is 0 Å². The molecule has 0 rings (SSSR count). The molecule has 0 unspecified atom stereocenters. The van der Waals surface area contributed by atoms with Crippen LogP contribution < -0.4 is 0 Å². The molecule has 0 radical (unpaired) electrons. The summed E-state index contributed by atoms with van der Waals surface area (Å²) in [6.07, 6.45) is 5.61. The normalized spacial score (nSPS) is 10.9. The first-order valence-corrected chi connectivity index (χ1v) is 11.3. The number of hydrogen-bond donors (Lipinski definition) is 0. The Hall–Kier alpha value is -1.22. The van der Waals surface area contributed by atoms with Gasteiger partial charge in [-0.25, -0.2) is 0 Å². The summed E-state index contributed by atoms with van der Waals surface area (Å²) in [6, 6.07) is 0. The molecule has 0 aromatic rings. The second-order valence-corrected chi connectivity index (χ2v) is 6.68. The maximum absolute atomic E-state index is 11.6. The van der Waals surface area contributed by atoms with Crippen LogP contribution in [0.15, 0.2) is 0 Å². The van der Waals surface area contributed by atoms with E-state index in [9.17, 15) is 9.59 Å². The molecule has 0 amide bonds. The molecule has 0 atom stereocenters. The van der Waals surface area contributed by atoms with Gasteiger partial charge >= 0.3 is 11.9 Å². The Morgan fingerprint density at radius 3 is 1.20 bits per heavy atom. The van der Waals surface area contributed by atoms with Gasteiger partial charge in [0.1, 0.15) is 13.2 Å². The van der Waals surface area contributed by atoms with Crippen LogP contribution in [0.4, 0.5) is 0 Å². The van der Waals surface area contributed by atoms with E-state index in [-0.39, 0.29) is 25.2 Å². The van der Waals surface area contributed by atoms with Crippen LogP contribution in [0.25, 0.3) is 0 Å². The molecule has 8 heteroatoms. The third-order valence-corrected chi connectivity index (χ3v) is 4.06. The molecule has 0 heterocycles. The lowest BCUT2D eigenvalue weighted by Crippen LogP contribution is -2.12. The molecule has 8 nitrogen and oxygen atoms in total. The zero-order valence-electron chi connectivity index (χ0n) is 19.0. The van der Waals surface area contributed by atoms with Crippen LogP contribution in [0.1, 0.15) is 65.2 Å². The SMILES string of the molecule is CCOCCCCOCCOC(=O)CCCCC(=O)OCCOCCCCOCC. The van der Waals surface area contributed by atoms with Gasteiger partial charge < -0.3 is 28.4 Å². The van der Waals surface area contributed by atoms with Crippen molar-refractivity contribution >= 4 is 11.9 Å². The molecule has 30 heavy (non-hydrogen) atoms. The molecule has 178 valence electrons. The van der Waals surface area contributed by atoms with Gasteiger partial charge in [0.25, 0.3) is 0 Å². The van der Waals surface area contributed by atoms with Crippen LogP contribution in [0.3, 0.4) is 0 Å². The quantitative estimate of drug-likeness (QED) is 0.179. The van der Waals surface area contributed by atoms with E-state index in [4.69, 9.17) is 28.4 Å². The second-order valence-electron chi connectivity index (χ2n) is 6.68. The Balaban J connectivity index is 3.29. The van der Waals surface area contributed by atoms with Crippen molar-refractivity contribution in [2.24, 2.45) is 0 Å². The highest BCUT2D eigenvalue weighted by Gasteiger charge is 2.06. The zero-order chi connectivity index (χ0) is 22.1. The largest absolute Gasteiger partial charge is 0.463 e. The van der Waals surface area contributed by atoms with E-state index < -0.39 is 0 Å². The summed E-state index contributed by atoms with van der Waals surface area (Å²) in [5.41, 5.74) is 0. The van der Waals surface area contributed by atoms with E-state index in [0.717, 1.165) is 52.1 Å². The minimum atomic E-state index is -0.263. The number of esters is 2. The van der Waals surface area contributed by atoms with Crippen LogP contribution in [0.2, 0.25) is 0 Å². The summed E-state index contributed by atoms with van der Waals surface area (Å²) >= 11 is 0. The highest BCUT2D eigenvalue weighted by molar-refractivity contribution is 5.70. The maximum atomic E-state index is 11.6. The molecule has 0 aromatic heterocycles. The average molecular weight is 435 g/mol. The molecule has 0 aliphatic rings. The van der Waals surface area contributed by atoms with E-state index in [1.165, 1.54) is 0 Å². The molecule has 0 saturated heterocycles. The van der Waals surface area contributed by atoms with Gasteiger partial charge in [0.05, 0.1) is 13.2 Å². The van der Waals surface area contributed by atoms with Crippen molar-refractivity contribution in [2.75, 3.05) is 66.1 Å². The lowest BCUT2D eigenvalue weighted by atomic mass is 10.2. The van der Waals surface area contributed by atoms with Gasteiger partial charge in [-0.15, -0.1) is 0 Å². The molecule has 0 fully saturated rings. The maximum Gasteiger partial charge on any atom is 0.305 e. The molecule has 0 aliphatic heterocycles. The summed E-state index contributed by atoms with van der Waals surface area (Å²) in [5, 5.41) is 0. The summed E-state index contributed by atoms with van der Waals surface area (Å²) < 4.78 is 31.5. The van der Waals surface area contributed by atoms with Gasteiger partial charge in [-0.2, -0.15) is 0 Å². The number of unbranched alkanes of at least 4 members (excludes halogenated alkanes) is 3. The predicted octanol–water partition coefficient (Wildman–Crippen LogP) is 3.30. The van der Waals surface area contributed by atoms with Gasteiger partial charge in [0.2, 0.25) is 0 Å². The molecule has 0 N–H and O–H groups in total. The molecule has 0 saturated carbocycles. The van der Waals surface area contributed by atoms with Crippen molar-refractivity contribution in [1.29, 1.82) is 0 Å². The minimum Gasteiger partial charge on any atom is -0.463 e. The zero-order valence-corrected chi connectivity index (χ0v) is 19.0. The van der Waals surface area contributed by atoms with E-state index in [0.29, 0.717) is 52.1 Å². The van der Waals surface area contributed by atoms with Crippen LogP contribution in [-0.4, -0.2) is 78.0 Å². The van der Waals surface area contributed by atoms with Gasteiger partial charge in [0, 0.05) is 52.5 Å². The number of carbonyl (C=O) groups excluding carboxylic acids is 2. The summed E-state index contributed by atoms with van der Waals surface area (Å²) in [5.74, 6) is -0.526. The van der Waals surface area contributed by atoms with Crippen molar-refractivity contribution < 1.29 is 38.0 Å². The van der Waals surface area contributed by atoms with Gasteiger partial charge in [-0.05, 0) is 52.4 Å². The van der Waals surface area contributed by atoms with Crippen molar-refractivity contribution in [2.45, 2.75) is 65.2 Å². The van der Waals surface area contributed by atoms with Gasteiger partial charge in [0.15, 0.2) is 0 Å². The third kappa shape index (κ3) is 23.1. The number of carbonyl (C=O) groups is 2. The van der Waals surface area contributed by atoms with Crippen molar-refractivity contribution in [1.82, 2.24) is 0 Å². The fourth-order valence-electron chi connectivity index (χ4n) is 2.42. The highest BCUT2D eigenvalue weighted by Crippen LogP contribution is 2.03. The Labute approximate surface area is 181 Å². The Morgan fingerprint density at radius 2 is 0.833 bits per heavy atom. The predicted molar refractivity (Wildman–Crippen MR) is 113 cm³/mol.